The third kappa shape index (κ3) is 2.98. The number of methoxy groups -OCH3 is 1. The summed E-state index contributed by atoms with van der Waals surface area (Å²) in [6.45, 7) is 0.521. The van der Waals surface area contributed by atoms with Crippen LogP contribution in [-0.4, -0.2) is 30.7 Å². The molecule has 0 unspecified atom stereocenters. The van der Waals surface area contributed by atoms with E-state index in [-0.39, 0.29) is 25.5 Å². The highest BCUT2D eigenvalue weighted by molar-refractivity contribution is 5.96. The molecule has 1 aromatic rings. The van der Waals surface area contributed by atoms with Crippen LogP contribution in [0.4, 0.5) is 4.79 Å². The van der Waals surface area contributed by atoms with E-state index >= 15 is 0 Å². The van der Waals surface area contributed by atoms with Gasteiger partial charge in [0.1, 0.15) is 12.4 Å². The summed E-state index contributed by atoms with van der Waals surface area (Å²) in [7, 11) is 1.59. The number of carbonyl (C=O) groups excluding carboxylic acids is 2. The SMILES string of the molecule is COc1cccc(CON2CCC(=O)NC2=O)c1. The predicted octanol–water partition coefficient (Wildman–Crippen LogP) is 1.07. The fraction of sp³-hybridized carbons (Fsp3) is 0.333. The Bertz CT molecular complexity index is 461. The standard InChI is InChI=1S/C12H14N2O4/c1-17-10-4-2-3-9(7-10)8-18-14-6-5-11(15)13-12(14)16/h2-4,7H,5-6,8H2,1H3,(H,13,15,16). The number of ether oxygens (including phenoxy) is 1. The molecule has 1 N–H and O–H groups in total. The van der Waals surface area contributed by atoms with Crippen molar-refractivity contribution >= 4 is 11.9 Å². The molecule has 18 heavy (non-hydrogen) atoms. The van der Waals surface area contributed by atoms with Crippen LogP contribution in [0.5, 0.6) is 5.75 Å². The van der Waals surface area contributed by atoms with Crippen LogP contribution in [-0.2, 0) is 16.2 Å². The fourth-order valence-corrected chi connectivity index (χ4v) is 1.59. The van der Waals surface area contributed by atoms with Gasteiger partial charge in [0.15, 0.2) is 0 Å². The Balaban J connectivity index is 1.91. The lowest BCUT2D eigenvalue weighted by atomic mass is 10.2. The van der Waals surface area contributed by atoms with Crippen molar-refractivity contribution in [3.63, 3.8) is 0 Å². The van der Waals surface area contributed by atoms with Crippen LogP contribution < -0.4 is 10.1 Å². The van der Waals surface area contributed by atoms with Crippen molar-refractivity contribution in [1.82, 2.24) is 10.4 Å². The van der Waals surface area contributed by atoms with Crippen LogP contribution in [0.25, 0.3) is 0 Å². The number of amides is 3. The molecule has 6 heteroatoms. The van der Waals surface area contributed by atoms with E-state index in [0.29, 0.717) is 0 Å². The van der Waals surface area contributed by atoms with E-state index in [0.717, 1.165) is 16.4 Å². The highest BCUT2D eigenvalue weighted by Gasteiger charge is 2.23. The van der Waals surface area contributed by atoms with E-state index in [9.17, 15) is 9.59 Å². The van der Waals surface area contributed by atoms with E-state index in [2.05, 4.69) is 5.32 Å². The first kappa shape index (κ1) is 12.4. The lowest BCUT2D eigenvalue weighted by Crippen LogP contribution is -2.49. The van der Waals surface area contributed by atoms with Crippen LogP contribution in [0, 0.1) is 0 Å². The minimum absolute atomic E-state index is 0.249. The first-order valence-electron chi connectivity index (χ1n) is 5.56. The smallest absolute Gasteiger partial charge is 0.347 e. The van der Waals surface area contributed by atoms with Gasteiger partial charge in [-0.2, -0.15) is 0 Å². The topological polar surface area (TPSA) is 67.9 Å². The molecule has 96 valence electrons. The molecule has 1 fully saturated rings. The molecular weight excluding hydrogens is 236 g/mol. The van der Waals surface area contributed by atoms with E-state index in [4.69, 9.17) is 9.57 Å². The number of nitrogens with one attached hydrogen (secondary N) is 1. The fourth-order valence-electron chi connectivity index (χ4n) is 1.59. The molecule has 1 aliphatic rings. The number of benzene rings is 1. The number of rotatable bonds is 4. The zero-order valence-electron chi connectivity index (χ0n) is 10.0. The van der Waals surface area contributed by atoms with Gasteiger partial charge in [0.25, 0.3) is 0 Å². The van der Waals surface area contributed by atoms with Crippen molar-refractivity contribution in [2.75, 3.05) is 13.7 Å². The Hall–Kier alpha value is -2.08. The summed E-state index contributed by atoms with van der Waals surface area (Å²) in [6, 6.07) is 6.85. The van der Waals surface area contributed by atoms with Gasteiger partial charge in [-0.1, -0.05) is 12.1 Å². The van der Waals surface area contributed by atoms with Gasteiger partial charge in [0.05, 0.1) is 13.7 Å². The number of imide groups is 1. The molecule has 1 heterocycles. The van der Waals surface area contributed by atoms with Gasteiger partial charge >= 0.3 is 6.03 Å². The van der Waals surface area contributed by atoms with Crippen LogP contribution in [0.1, 0.15) is 12.0 Å². The first-order chi connectivity index (χ1) is 8.69. The number of carbonyl (C=O) groups is 2. The zero-order chi connectivity index (χ0) is 13.0. The summed E-state index contributed by atoms with van der Waals surface area (Å²) in [5.41, 5.74) is 0.888. The number of hydrogen-bond donors (Lipinski definition) is 1. The summed E-state index contributed by atoms with van der Waals surface area (Å²) in [6.07, 6.45) is 0.254. The maximum Gasteiger partial charge on any atom is 0.347 e. The highest BCUT2D eigenvalue weighted by atomic mass is 16.7. The lowest BCUT2D eigenvalue weighted by Gasteiger charge is -2.25. The quantitative estimate of drug-likeness (QED) is 0.867. The Morgan fingerprint density at radius 2 is 2.22 bits per heavy atom. The van der Waals surface area contributed by atoms with Crippen molar-refractivity contribution in [3.8, 4) is 5.75 Å². The van der Waals surface area contributed by atoms with Crippen LogP contribution in [0.3, 0.4) is 0 Å². The Kier molecular flexibility index (Phi) is 3.78. The van der Waals surface area contributed by atoms with Crippen molar-refractivity contribution in [2.45, 2.75) is 13.0 Å². The second-order valence-corrected chi connectivity index (χ2v) is 3.83. The molecule has 0 atom stereocenters. The first-order valence-corrected chi connectivity index (χ1v) is 5.56. The molecule has 0 saturated carbocycles. The number of nitrogens with zero attached hydrogens (tertiary/aromatic N) is 1. The Morgan fingerprint density at radius 3 is 2.94 bits per heavy atom. The molecule has 0 bridgehead atoms. The van der Waals surface area contributed by atoms with E-state index in [1.807, 2.05) is 24.3 Å². The molecule has 0 aromatic heterocycles. The van der Waals surface area contributed by atoms with Crippen LogP contribution in [0.2, 0.25) is 0 Å². The Morgan fingerprint density at radius 1 is 1.39 bits per heavy atom. The summed E-state index contributed by atoms with van der Waals surface area (Å²) >= 11 is 0. The van der Waals surface area contributed by atoms with Gasteiger partial charge in [0.2, 0.25) is 5.91 Å². The Labute approximate surface area is 104 Å². The van der Waals surface area contributed by atoms with Crippen molar-refractivity contribution in [3.05, 3.63) is 29.8 Å². The molecule has 2 rings (SSSR count). The molecule has 3 amide bonds. The monoisotopic (exact) mass is 250 g/mol. The number of hydrogen-bond acceptors (Lipinski definition) is 4. The molecule has 1 aromatic carbocycles. The average molecular weight is 250 g/mol. The van der Waals surface area contributed by atoms with Gasteiger partial charge in [-0.3, -0.25) is 14.9 Å². The molecular formula is C12H14N2O4. The molecule has 1 aliphatic heterocycles. The van der Waals surface area contributed by atoms with E-state index < -0.39 is 6.03 Å². The minimum atomic E-state index is -0.519. The molecule has 0 spiro atoms. The summed E-state index contributed by atoms with van der Waals surface area (Å²) < 4.78 is 5.09. The lowest BCUT2D eigenvalue weighted by molar-refractivity contribution is -0.147. The van der Waals surface area contributed by atoms with E-state index in [1.54, 1.807) is 7.11 Å². The third-order valence-corrected chi connectivity index (χ3v) is 2.54. The molecule has 0 aliphatic carbocycles. The molecule has 1 saturated heterocycles. The maximum atomic E-state index is 11.4. The largest absolute Gasteiger partial charge is 0.497 e. The average Bonchev–Trinajstić information content (AvgIpc) is 2.38. The minimum Gasteiger partial charge on any atom is -0.497 e. The second-order valence-electron chi connectivity index (χ2n) is 3.83. The maximum absolute atomic E-state index is 11.4. The third-order valence-electron chi connectivity index (χ3n) is 2.54. The van der Waals surface area contributed by atoms with E-state index in [1.165, 1.54) is 0 Å². The number of urea groups is 1. The molecule has 0 radical (unpaired) electrons. The highest BCUT2D eigenvalue weighted by Crippen LogP contribution is 2.14. The zero-order valence-corrected chi connectivity index (χ0v) is 10.0. The van der Waals surface area contributed by atoms with Crippen molar-refractivity contribution < 1.29 is 19.2 Å². The second kappa shape index (κ2) is 5.50. The van der Waals surface area contributed by atoms with Gasteiger partial charge in [0, 0.05) is 6.42 Å². The predicted molar refractivity (Wildman–Crippen MR) is 62.6 cm³/mol. The van der Waals surface area contributed by atoms with Crippen LogP contribution in [0.15, 0.2) is 24.3 Å². The summed E-state index contributed by atoms with van der Waals surface area (Å²) in [5, 5.41) is 3.34. The van der Waals surface area contributed by atoms with Gasteiger partial charge in [-0.05, 0) is 17.7 Å². The summed E-state index contributed by atoms with van der Waals surface area (Å²) in [5.74, 6) is 0.454. The molecule has 6 nitrogen and oxygen atoms in total. The summed E-state index contributed by atoms with van der Waals surface area (Å²) in [4.78, 5) is 27.7. The van der Waals surface area contributed by atoms with Crippen molar-refractivity contribution in [1.29, 1.82) is 0 Å². The number of hydroxylamine groups is 2. The van der Waals surface area contributed by atoms with Gasteiger partial charge < -0.3 is 4.74 Å². The van der Waals surface area contributed by atoms with Gasteiger partial charge in [-0.25, -0.2) is 9.86 Å². The van der Waals surface area contributed by atoms with Gasteiger partial charge in [-0.15, -0.1) is 0 Å². The normalized spacial score (nSPS) is 15.5. The van der Waals surface area contributed by atoms with Crippen LogP contribution >= 0.6 is 0 Å². The van der Waals surface area contributed by atoms with Crippen molar-refractivity contribution in [2.24, 2.45) is 0 Å².